The molecule has 0 aromatic carbocycles. The van der Waals surface area contributed by atoms with Crippen molar-refractivity contribution in [3.8, 4) is 0 Å². The van der Waals surface area contributed by atoms with Crippen molar-refractivity contribution in [3.05, 3.63) is 18.0 Å². The number of aromatic nitrogens is 1. The molecule has 0 saturated carbocycles. The van der Waals surface area contributed by atoms with Crippen LogP contribution in [0.15, 0.2) is 16.9 Å². The van der Waals surface area contributed by atoms with Crippen molar-refractivity contribution in [3.63, 3.8) is 0 Å². The van der Waals surface area contributed by atoms with E-state index in [1.54, 1.807) is 6.07 Å². The number of carbonyl (C=O) groups excluding carboxylic acids is 1. The second-order valence-electron chi connectivity index (χ2n) is 4.60. The summed E-state index contributed by atoms with van der Waals surface area (Å²) in [7, 11) is 0. The Morgan fingerprint density at radius 3 is 2.82 bits per heavy atom. The van der Waals surface area contributed by atoms with Gasteiger partial charge < -0.3 is 19.9 Å². The maximum Gasteiger partial charge on any atom is 0.407 e. The van der Waals surface area contributed by atoms with Crippen LogP contribution in [-0.2, 0) is 11.3 Å². The fraction of sp³-hybridized carbons (Fsp3) is 0.636. The Balaban J connectivity index is 2.02. The largest absolute Gasteiger partial charge is 0.444 e. The Morgan fingerprint density at radius 2 is 2.24 bits per heavy atom. The summed E-state index contributed by atoms with van der Waals surface area (Å²) >= 11 is 0. The summed E-state index contributed by atoms with van der Waals surface area (Å²) in [6.07, 6.45) is 1.12. The van der Waals surface area contributed by atoms with E-state index in [0.717, 1.165) is 5.69 Å². The number of nitrogens with one attached hydrogen (secondary N) is 2. The Labute approximate surface area is 101 Å². The molecule has 1 heterocycles. The van der Waals surface area contributed by atoms with Gasteiger partial charge in [-0.1, -0.05) is 5.16 Å². The highest BCUT2D eigenvalue weighted by atomic mass is 16.6. The zero-order valence-electron chi connectivity index (χ0n) is 10.4. The minimum absolute atomic E-state index is 0.402. The van der Waals surface area contributed by atoms with Crippen molar-refractivity contribution in [2.75, 3.05) is 13.1 Å². The van der Waals surface area contributed by atoms with Crippen molar-refractivity contribution < 1.29 is 14.1 Å². The molecule has 1 rings (SSSR count). The van der Waals surface area contributed by atoms with Crippen molar-refractivity contribution in [1.29, 1.82) is 0 Å². The van der Waals surface area contributed by atoms with E-state index in [1.807, 2.05) is 20.8 Å². The minimum Gasteiger partial charge on any atom is -0.444 e. The standard InChI is InChI=1S/C11H19N3O3/c1-11(2,3)17-10(15)13-6-5-12-8-9-4-7-16-14-9/h4,7,12H,5-6,8H2,1-3H3,(H,13,15). The third-order valence-electron chi connectivity index (χ3n) is 1.77. The van der Waals surface area contributed by atoms with E-state index in [4.69, 9.17) is 4.74 Å². The van der Waals surface area contributed by atoms with Crippen LogP contribution in [0.5, 0.6) is 0 Å². The summed E-state index contributed by atoms with van der Waals surface area (Å²) in [6, 6.07) is 1.79. The van der Waals surface area contributed by atoms with Gasteiger partial charge >= 0.3 is 6.09 Å². The normalized spacial score (nSPS) is 11.2. The monoisotopic (exact) mass is 241 g/mol. The van der Waals surface area contributed by atoms with Gasteiger partial charge in [0.1, 0.15) is 11.9 Å². The van der Waals surface area contributed by atoms with Gasteiger partial charge in [0, 0.05) is 25.7 Å². The highest BCUT2D eigenvalue weighted by Gasteiger charge is 2.15. The molecule has 0 aliphatic rings. The first-order chi connectivity index (χ1) is 7.97. The Kier molecular flexibility index (Phi) is 4.96. The van der Waals surface area contributed by atoms with Gasteiger partial charge in [-0.15, -0.1) is 0 Å². The summed E-state index contributed by atoms with van der Waals surface area (Å²) in [5.74, 6) is 0. The molecule has 0 saturated heterocycles. The Bertz CT molecular complexity index is 330. The predicted octanol–water partition coefficient (Wildman–Crippen LogP) is 1.29. The zero-order chi connectivity index (χ0) is 12.7. The SMILES string of the molecule is CC(C)(C)OC(=O)NCCNCc1ccon1. The van der Waals surface area contributed by atoms with Crippen LogP contribution in [0.4, 0.5) is 4.79 Å². The van der Waals surface area contributed by atoms with E-state index in [-0.39, 0.29) is 0 Å². The summed E-state index contributed by atoms with van der Waals surface area (Å²) in [5, 5.41) is 9.51. The van der Waals surface area contributed by atoms with Crippen LogP contribution in [0, 0.1) is 0 Å². The average Bonchev–Trinajstić information content (AvgIpc) is 2.67. The lowest BCUT2D eigenvalue weighted by Gasteiger charge is -2.19. The van der Waals surface area contributed by atoms with Crippen molar-refractivity contribution in [2.24, 2.45) is 0 Å². The Hall–Kier alpha value is -1.56. The summed E-state index contributed by atoms with van der Waals surface area (Å²) in [6.45, 7) is 7.26. The molecular weight excluding hydrogens is 222 g/mol. The van der Waals surface area contributed by atoms with Crippen LogP contribution in [0.1, 0.15) is 26.5 Å². The lowest BCUT2D eigenvalue weighted by molar-refractivity contribution is 0.0528. The number of nitrogens with zero attached hydrogens (tertiary/aromatic N) is 1. The first kappa shape index (κ1) is 13.5. The molecule has 0 bridgehead atoms. The minimum atomic E-state index is -0.460. The third kappa shape index (κ3) is 6.57. The van der Waals surface area contributed by atoms with Crippen LogP contribution in [0.25, 0.3) is 0 Å². The number of hydrogen-bond acceptors (Lipinski definition) is 5. The molecule has 0 atom stereocenters. The van der Waals surface area contributed by atoms with Crippen LogP contribution >= 0.6 is 0 Å². The maximum absolute atomic E-state index is 11.3. The molecule has 0 fully saturated rings. The molecule has 0 aliphatic carbocycles. The molecular formula is C11H19N3O3. The molecule has 0 radical (unpaired) electrons. The predicted molar refractivity (Wildman–Crippen MR) is 62.4 cm³/mol. The molecule has 1 aromatic heterocycles. The first-order valence-corrected chi connectivity index (χ1v) is 5.54. The van der Waals surface area contributed by atoms with Gasteiger partial charge in [-0.3, -0.25) is 0 Å². The number of amides is 1. The van der Waals surface area contributed by atoms with Crippen LogP contribution in [0.3, 0.4) is 0 Å². The van der Waals surface area contributed by atoms with Crippen LogP contribution in [0.2, 0.25) is 0 Å². The molecule has 2 N–H and O–H groups in total. The quantitative estimate of drug-likeness (QED) is 0.760. The number of carbonyl (C=O) groups is 1. The summed E-state index contributed by atoms with van der Waals surface area (Å²) in [4.78, 5) is 11.3. The average molecular weight is 241 g/mol. The van der Waals surface area contributed by atoms with E-state index in [2.05, 4.69) is 20.3 Å². The number of ether oxygens (including phenoxy) is 1. The summed E-state index contributed by atoms with van der Waals surface area (Å²) < 4.78 is 9.77. The molecule has 1 aromatic rings. The highest BCUT2D eigenvalue weighted by molar-refractivity contribution is 5.67. The van der Waals surface area contributed by atoms with E-state index in [9.17, 15) is 4.79 Å². The van der Waals surface area contributed by atoms with Crippen molar-refractivity contribution in [2.45, 2.75) is 32.9 Å². The number of hydrogen-bond donors (Lipinski definition) is 2. The lowest BCUT2D eigenvalue weighted by Crippen LogP contribution is -2.36. The molecule has 0 aliphatic heterocycles. The van der Waals surface area contributed by atoms with Gasteiger partial charge in [-0.2, -0.15) is 0 Å². The second kappa shape index (κ2) is 6.24. The van der Waals surface area contributed by atoms with Gasteiger partial charge in [0.15, 0.2) is 0 Å². The van der Waals surface area contributed by atoms with E-state index < -0.39 is 11.7 Å². The van der Waals surface area contributed by atoms with E-state index in [1.165, 1.54) is 6.26 Å². The van der Waals surface area contributed by atoms with Gasteiger partial charge in [0.05, 0.1) is 5.69 Å². The maximum atomic E-state index is 11.3. The second-order valence-corrected chi connectivity index (χ2v) is 4.60. The molecule has 17 heavy (non-hydrogen) atoms. The fourth-order valence-electron chi connectivity index (χ4n) is 1.11. The zero-order valence-corrected chi connectivity index (χ0v) is 10.4. The van der Waals surface area contributed by atoms with Crippen LogP contribution < -0.4 is 10.6 Å². The topological polar surface area (TPSA) is 76.4 Å². The highest BCUT2D eigenvalue weighted by Crippen LogP contribution is 2.05. The molecule has 0 unspecified atom stereocenters. The molecule has 96 valence electrons. The molecule has 1 amide bonds. The number of alkyl carbamates (subject to hydrolysis) is 1. The molecule has 6 heteroatoms. The molecule has 6 nitrogen and oxygen atoms in total. The summed E-state index contributed by atoms with van der Waals surface area (Å²) in [5.41, 5.74) is 0.375. The Morgan fingerprint density at radius 1 is 1.47 bits per heavy atom. The van der Waals surface area contributed by atoms with Gasteiger partial charge in [0.2, 0.25) is 0 Å². The fourth-order valence-corrected chi connectivity index (χ4v) is 1.11. The van der Waals surface area contributed by atoms with Gasteiger partial charge in [-0.25, -0.2) is 4.79 Å². The van der Waals surface area contributed by atoms with Crippen molar-refractivity contribution in [1.82, 2.24) is 15.8 Å². The first-order valence-electron chi connectivity index (χ1n) is 5.54. The van der Waals surface area contributed by atoms with Gasteiger partial charge in [0.25, 0.3) is 0 Å². The third-order valence-corrected chi connectivity index (χ3v) is 1.77. The van der Waals surface area contributed by atoms with Gasteiger partial charge in [-0.05, 0) is 20.8 Å². The van der Waals surface area contributed by atoms with Crippen LogP contribution in [-0.4, -0.2) is 29.9 Å². The number of rotatable bonds is 5. The van der Waals surface area contributed by atoms with Crippen molar-refractivity contribution >= 4 is 6.09 Å². The smallest absolute Gasteiger partial charge is 0.407 e. The lowest BCUT2D eigenvalue weighted by atomic mass is 10.2. The molecule has 0 spiro atoms. The van der Waals surface area contributed by atoms with E-state index in [0.29, 0.717) is 19.6 Å². The van der Waals surface area contributed by atoms with E-state index >= 15 is 0 Å².